The molecular weight excluding hydrogens is 270 g/mol. The molecule has 0 aromatic heterocycles. The molecule has 1 aromatic carbocycles. The van der Waals surface area contributed by atoms with Gasteiger partial charge in [-0.25, -0.2) is 4.79 Å². The molecule has 1 aromatic rings. The second-order valence-corrected chi connectivity index (χ2v) is 5.22. The van der Waals surface area contributed by atoms with Crippen molar-refractivity contribution in [3.05, 3.63) is 29.8 Å². The molecule has 2 rings (SSSR count). The van der Waals surface area contributed by atoms with Gasteiger partial charge in [0.1, 0.15) is 0 Å². The predicted molar refractivity (Wildman–Crippen MR) is 76.9 cm³/mol. The van der Waals surface area contributed by atoms with Gasteiger partial charge in [-0.1, -0.05) is 6.07 Å². The zero-order valence-corrected chi connectivity index (χ0v) is 11.7. The summed E-state index contributed by atoms with van der Waals surface area (Å²) in [5.41, 5.74) is 1.11. The fourth-order valence-corrected chi connectivity index (χ4v) is 2.51. The number of nitrogens with one attached hydrogen (secondary N) is 1. The Morgan fingerprint density at radius 3 is 2.81 bits per heavy atom. The van der Waals surface area contributed by atoms with Gasteiger partial charge in [-0.15, -0.1) is 0 Å². The summed E-state index contributed by atoms with van der Waals surface area (Å²) in [4.78, 5) is 24.5. The van der Waals surface area contributed by atoms with E-state index >= 15 is 0 Å². The number of carbonyl (C=O) groups is 2. The Kier molecular flexibility index (Phi) is 4.43. The molecule has 1 aliphatic carbocycles. The monoisotopic (exact) mass is 287 g/mol. The Bertz CT molecular complexity index is 594. The van der Waals surface area contributed by atoms with E-state index in [1.165, 1.54) is 4.90 Å². The van der Waals surface area contributed by atoms with Crippen molar-refractivity contribution < 1.29 is 14.7 Å². The first-order valence-electron chi connectivity index (χ1n) is 6.78. The summed E-state index contributed by atoms with van der Waals surface area (Å²) < 4.78 is 0. The van der Waals surface area contributed by atoms with Gasteiger partial charge in [0, 0.05) is 18.8 Å². The minimum atomic E-state index is -0.804. The number of anilines is 1. The van der Waals surface area contributed by atoms with E-state index in [0.717, 1.165) is 0 Å². The van der Waals surface area contributed by atoms with Crippen molar-refractivity contribution >= 4 is 17.7 Å². The van der Waals surface area contributed by atoms with Crippen LogP contribution < -0.4 is 10.2 Å². The highest BCUT2D eigenvalue weighted by atomic mass is 16.4. The molecule has 2 amide bonds. The third-order valence-electron chi connectivity index (χ3n) is 3.78. The molecule has 0 unspecified atom stereocenters. The minimum Gasteiger partial charge on any atom is -0.481 e. The van der Waals surface area contributed by atoms with E-state index in [1.54, 1.807) is 31.3 Å². The number of hydrogen-bond donors (Lipinski definition) is 2. The zero-order chi connectivity index (χ0) is 15.4. The lowest BCUT2D eigenvalue weighted by molar-refractivity contribution is -0.141. The molecule has 2 N–H and O–H groups in total. The lowest BCUT2D eigenvalue weighted by Crippen LogP contribution is -2.42. The quantitative estimate of drug-likeness (QED) is 0.888. The van der Waals surface area contributed by atoms with Gasteiger partial charge in [-0.05, 0) is 37.5 Å². The van der Waals surface area contributed by atoms with E-state index in [0.29, 0.717) is 30.5 Å². The predicted octanol–water partition coefficient (Wildman–Crippen LogP) is 1.96. The number of rotatable bonds is 3. The summed E-state index contributed by atoms with van der Waals surface area (Å²) in [6, 6.07) is 8.39. The van der Waals surface area contributed by atoms with E-state index in [9.17, 15) is 9.59 Å². The standard InChI is InChI=1S/C15H17N3O3/c1-18(13-4-2-3-10(7-13)9-16)15(21)17-12-6-5-11(8-12)14(19)20/h2-4,7,11-12H,5-6,8H2,1H3,(H,17,21)(H,19,20)/t11-,12+/m1/s1. The molecule has 0 heterocycles. The number of carboxylic acid groups (broad SMARTS) is 1. The SMILES string of the molecule is CN(C(=O)N[C@H]1CC[C@@H](C(=O)O)C1)c1cccc(C#N)c1. The van der Waals surface area contributed by atoms with Crippen LogP contribution in [0.2, 0.25) is 0 Å². The number of nitriles is 1. The van der Waals surface area contributed by atoms with Gasteiger partial charge in [-0.2, -0.15) is 5.26 Å². The molecule has 0 saturated heterocycles. The molecule has 2 atom stereocenters. The molecule has 0 radical (unpaired) electrons. The highest BCUT2D eigenvalue weighted by molar-refractivity contribution is 5.91. The van der Waals surface area contributed by atoms with Gasteiger partial charge < -0.3 is 10.4 Å². The fraction of sp³-hybridized carbons (Fsp3) is 0.400. The van der Waals surface area contributed by atoms with E-state index < -0.39 is 5.97 Å². The maximum absolute atomic E-state index is 12.2. The Morgan fingerprint density at radius 1 is 1.43 bits per heavy atom. The summed E-state index contributed by atoms with van der Waals surface area (Å²) in [6.07, 6.45) is 1.73. The number of aliphatic carboxylic acids is 1. The van der Waals surface area contributed by atoms with Gasteiger partial charge in [0.15, 0.2) is 0 Å². The smallest absolute Gasteiger partial charge is 0.321 e. The molecular formula is C15H17N3O3. The average Bonchev–Trinajstić information content (AvgIpc) is 2.95. The Hall–Kier alpha value is -2.55. The molecule has 6 nitrogen and oxygen atoms in total. The van der Waals surface area contributed by atoms with Crippen LogP contribution in [0, 0.1) is 17.2 Å². The van der Waals surface area contributed by atoms with Crippen LogP contribution in [0.25, 0.3) is 0 Å². The van der Waals surface area contributed by atoms with E-state index in [2.05, 4.69) is 5.32 Å². The van der Waals surface area contributed by atoms with Crippen LogP contribution in [-0.4, -0.2) is 30.2 Å². The second kappa shape index (κ2) is 6.27. The van der Waals surface area contributed by atoms with Crippen LogP contribution >= 0.6 is 0 Å². The van der Waals surface area contributed by atoms with Crippen molar-refractivity contribution in [2.24, 2.45) is 5.92 Å². The molecule has 1 aliphatic rings. The molecule has 0 spiro atoms. The van der Waals surface area contributed by atoms with Crippen LogP contribution in [-0.2, 0) is 4.79 Å². The number of benzene rings is 1. The maximum atomic E-state index is 12.2. The summed E-state index contributed by atoms with van der Waals surface area (Å²) >= 11 is 0. The Balaban J connectivity index is 1.97. The van der Waals surface area contributed by atoms with Crippen molar-refractivity contribution in [2.45, 2.75) is 25.3 Å². The van der Waals surface area contributed by atoms with E-state index in [4.69, 9.17) is 10.4 Å². The minimum absolute atomic E-state index is 0.111. The fourth-order valence-electron chi connectivity index (χ4n) is 2.51. The lowest BCUT2D eigenvalue weighted by Gasteiger charge is -2.21. The molecule has 6 heteroatoms. The van der Waals surface area contributed by atoms with Gasteiger partial charge in [0.05, 0.1) is 17.6 Å². The third-order valence-corrected chi connectivity index (χ3v) is 3.78. The topological polar surface area (TPSA) is 93.4 Å². The van der Waals surface area contributed by atoms with Gasteiger partial charge in [-0.3, -0.25) is 9.69 Å². The molecule has 21 heavy (non-hydrogen) atoms. The molecule has 110 valence electrons. The summed E-state index contributed by atoms with van der Waals surface area (Å²) in [6.45, 7) is 0. The second-order valence-electron chi connectivity index (χ2n) is 5.22. The van der Waals surface area contributed by atoms with Crippen LogP contribution in [0.1, 0.15) is 24.8 Å². The highest BCUT2D eigenvalue weighted by Gasteiger charge is 2.31. The normalized spacial score (nSPS) is 20.6. The number of nitrogens with zero attached hydrogens (tertiary/aromatic N) is 2. The Labute approximate surface area is 123 Å². The lowest BCUT2D eigenvalue weighted by atomic mass is 10.1. The van der Waals surface area contributed by atoms with Crippen LogP contribution in [0.15, 0.2) is 24.3 Å². The number of amides is 2. The van der Waals surface area contributed by atoms with Gasteiger partial charge >= 0.3 is 12.0 Å². The first kappa shape index (κ1) is 14.9. The molecule has 0 aliphatic heterocycles. The van der Waals surface area contributed by atoms with Gasteiger partial charge in [0.2, 0.25) is 0 Å². The van der Waals surface area contributed by atoms with Gasteiger partial charge in [0.25, 0.3) is 0 Å². The third kappa shape index (κ3) is 3.51. The largest absolute Gasteiger partial charge is 0.481 e. The highest BCUT2D eigenvalue weighted by Crippen LogP contribution is 2.26. The number of hydrogen-bond acceptors (Lipinski definition) is 3. The summed E-state index contributed by atoms with van der Waals surface area (Å²) in [7, 11) is 1.62. The summed E-state index contributed by atoms with van der Waals surface area (Å²) in [5, 5.41) is 20.7. The van der Waals surface area contributed by atoms with Crippen LogP contribution in [0.3, 0.4) is 0 Å². The molecule has 1 fully saturated rings. The number of carboxylic acids is 1. The first-order chi connectivity index (χ1) is 10.0. The van der Waals surface area contributed by atoms with Crippen molar-refractivity contribution in [3.63, 3.8) is 0 Å². The van der Waals surface area contributed by atoms with Crippen molar-refractivity contribution in [1.29, 1.82) is 5.26 Å². The summed E-state index contributed by atoms with van der Waals surface area (Å²) in [5.74, 6) is -1.18. The van der Waals surface area contributed by atoms with Crippen LogP contribution in [0.4, 0.5) is 10.5 Å². The first-order valence-corrected chi connectivity index (χ1v) is 6.78. The van der Waals surface area contributed by atoms with Crippen molar-refractivity contribution in [2.75, 3.05) is 11.9 Å². The van der Waals surface area contributed by atoms with Crippen molar-refractivity contribution in [3.8, 4) is 6.07 Å². The molecule has 1 saturated carbocycles. The van der Waals surface area contributed by atoms with Crippen molar-refractivity contribution in [1.82, 2.24) is 5.32 Å². The van der Waals surface area contributed by atoms with Crippen LogP contribution in [0.5, 0.6) is 0 Å². The zero-order valence-electron chi connectivity index (χ0n) is 11.7. The number of urea groups is 1. The Morgan fingerprint density at radius 2 is 2.19 bits per heavy atom. The average molecular weight is 287 g/mol. The van der Waals surface area contributed by atoms with E-state index in [-0.39, 0.29) is 18.0 Å². The number of carbonyl (C=O) groups excluding carboxylic acids is 1. The van der Waals surface area contributed by atoms with E-state index in [1.807, 2.05) is 6.07 Å². The maximum Gasteiger partial charge on any atom is 0.321 e. The molecule has 0 bridgehead atoms.